The van der Waals surface area contributed by atoms with Crippen LogP contribution in [-0.4, -0.2) is 68.1 Å². The minimum atomic E-state index is -3.44. The summed E-state index contributed by atoms with van der Waals surface area (Å²) in [5.74, 6) is -0.202. The fourth-order valence-electron chi connectivity index (χ4n) is 2.21. The van der Waals surface area contributed by atoms with Crippen LogP contribution in [0.15, 0.2) is 18.2 Å². The highest BCUT2D eigenvalue weighted by Crippen LogP contribution is 2.21. The van der Waals surface area contributed by atoms with Crippen LogP contribution in [0.1, 0.15) is 10.4 Å². The Balaban J connectivity index is 2.07. The first kappa shape index (κ1) is 17.5. The average Bonchev–Trinajstić information content (AvgIpc) is 2.45. The van der Waals surface area contributed by atoms with E-state index in [9.17, 15) is 13.2 Å². The van der Waals surface area contributed by atoms with Gasteiger partial charge in [0, 0.05) is 55.9 Å². The Hall–Kier alpha value is -0.860. The van der Waals surface area contributed by atoms with E-state index in [4.69, 9.17) is 23.2 Å². The first-order chi connectivity index (χ1) is 10.2. The van der Waals surface area contributed by atoms with Crippen LogP contribution in [0.25, 0.3) is 0 Å². The molecular formula is C13H17Cl2N3O3S. The normalized spacial score (nSPS) is 17.0. The topological polar surface area (TPSA) is 60.9 Å². The Morgan fingerprint density at radius 3 is 2.00 bits per heavy atom. The molecule has 0 saturated carbocycles. The van der Waals surface area contributed by atoms with Gasteiger partial charge in [-0.2, -0.15) is 17.0 Å². The fraction of sp³-hybridized carbons (Fsp3) is 0.462. The lowest BCUT2D eigenvalue weighted by atomic mass is 10.2. The minimum absolute atomic E-state index is 0.202. The fourth-order valence-corrected chi connectivity index (χ4v) is 3.83. The van der Waals surface area contributed by atoms with E-state index in [1.165, 1.54) is 22.7 Å². The second-order valence-electron chi connectivity index (χ2n) is 5.14. The molecule has 0 aromatic heterocycles. The Labute approximate surface area is 140 Å². The van der Waals surface area contributed by atoms with Crippen LogP contribution in [0.3, 0.4) is 0 Å². The van der Waals surface area contributed by atoms with Crippen LogP contribution in [-0.2, 0) is 10.2 Å². The molecule has 2 rings (SSSR count). The highest BCUT2D eigenvalue weighted by Gasteiger charge is 2.30. The van der Waals surface area contributed by atoms with E-state index in [1.807, 2.05) is 0 Å². The molecule has 0 radical (unpaired) electrons. The zero-order valence-corrected chi connectivity index (χ0v) is 14.6. The van der Waals surface area contributed by atoms with Crippen LogP contribution >= 0.6 is 23.2 Å². The number of rotatable bonds is 3. The van der Waals surface area contributed by atoms with Crippen LogP contribution in [0.5, 0.6) is 0 Å². The number of carbonyl (C=O) groups is 1. The quantitative estimate of drug-likeness (QED) is 0.816. The number of benzene rings is 1. The third kappa shape index (κ3) is 3.72. The third-order valence-corrected chi connectivity index (χ3v) is 5.80. The van der Waals surface area contributed by atoms with Gasteiger partial charge in [-0.1, -0.05) is 23.2 Å². The molecule has 6 nitrogen and oxygen atoms in total. The van der Waals surface area contributed by atoms with Gasteiger partial charge in [0.25, 0.3) is 16.1 Å². The smallest absolute Gasteiger partial charge is 0.281 e. The summed E-state index contributed by atoms with van der Waals surface area (Å²) < 4.78 is 26.6. The van der Waals surface area contributed by atoms with E-state index in [-0.39, 0.29) is 19.0 Å². The maximum atomic E-state index is 12.4. The van der Waals surface area contributed by atoms with Gasteiger partial charge in [-0.25, -0.2) is 0 Å². The van der Waals surface area contributed by atoms with Crippen molar-refractivity contribution in [3.05, 3.63) is 33.8 Å². The van der Waals surface area contributed by atoms with E-state index in [0.29, 0.717) is 28.7 Å². The molecule has 0 bridgehead atoms. The summed E-state index contributed by atoms with van der Waals surface area (Å²) in [4.78, 5) is 14.0. The molecule has 0 atom stereocenters. The summed E-state index contributed by atoms with van der Waals surface area (Å²) in [5.41, 5.74) is 0.404. The van der Waals surface area contributed by atoms with E-state index < -0.39 is 10.2 Å². The molecule has 0 spiro atoms. The summed E-state index contributed by atoms with van der Waals surface area (Å²) in [6.07, 6.45) is 0. The van der Waals surface area contributed by atoms with Gasteiger partial charge in [-0.3, -0.25) is 4.79 Å². The summed E-state index contributed by atoms with van der Waals surface area (Å²) >= 11 is 11.8. The lowest BCUT2D eigenvalue weighted by molar-refractivity contribution is 0.0695. The molecule has 9 heteroatoms. The van der Waals surface area contributed by atoms with E-state index in [1.54, 1.807) is 23.1 Å². The second-order valence-corrected chi connectivity index (χ2v) is 8.15. The van der Waals surface area contributed by atoms with Crippen molar-refractivity contribution in [2.24, 2.45) is 0 Å². The number of piperazine rings is 1. The molecule has 1 aromatic carbocycles. The molecule has 1 saturated heterocycles. The Kier molecular flexibility index (Phi) is 5.34. The molecule has 122 valence electrons. The van der Waals surface area contributed by atoms with Crippen molar-refractivity contribution in [1.82, 2.24) is 13.5 Å². The number of carbonyl (C=O) groups excluding carboxylic acids is 1. The van der Waals surface area contributed by atoms with Gasteiger partial charge in [-0.05, 0) is 18.2 Å². The van der Waals surface area contributed by atoms with Gasteiger partial charge >= 0.3 is 0 Å². The number of nitrogens with zero attached hydrogens (tertiary/aromatic N) is 3. The highest BCUT2D eigenvalue weighted by molar-refractivity contribution is 7.86. The number of halogens is 2. The van der Waals surface area contributed by atoms with Gasteiger partial charge in [-0.15, -0.1) is 0 Å². The molecule has 1 aliphatic rings. The monoisotopic (exact) mass is 365 g/mol. The standard InChI is InChI=1S/C13H17Cl2N3O3S/c1-16(2)22(20,21)18-5-3-17(4-6-18)13(19)10-7-11(14)9-12(15)8-10/h7-9H,3-6H2,1-2H3. The van der Waals surface area contributed by atoms with Crippen molar-refractivity contribution >= 4 is 39.3 Å². The van der Waals surface area contributed by atoms with Gasteiger partial charge in [0.05, 0.1) is 0 Å². The Morgan fingerprint density at radius 2 is 1.55 bits per heavy atom. The van der Waals surface area contributed by atoms with E-state index in [2.05, 4.69) is 0 Å². The van der Waals surface area contributed by atoms with Crippen LogP contribution in [0.4, 0.5) is 0 Å². The van der Waals surface area contributed by atoms with Gasteiger partial charge in [0.2, 0.25) is 0 Å². The van der Waals surface area contributed by atoms with E-state index in [0.717, 1.165) is 0 Å². The van der Waals surface area contributed by atoms with Crippen molar-refractivity contribution in [1.29, 1.82) is 0 Å². The molecule has 0 N–H and O–H groups in total. The first-order valence-corrected chi connectivity index (χ1v) is 8.80. The summed E-state index contributed by atoms with van der Waals surface area (Å²) in [7, 11) is -0.467. The zero-order chi connectivity index (χ0) is 16.5. The van der Waals surface area contributed by atoms with Gasteiger partial charge in [0.15, 0.2) is 0 Å². The lowest BCUT2D eigenvalue weighted by Crippen LogP contribution is -2.53. The predicted octanol–water partition coefficient (Wildman–Crippen LogP) is 1.56. The highest BCUT2D eigenvalue weighted by atomic mass is 35.5. The second kappa shape index (κ2) is 6.72. The molecule has 1 heterocycles. The molecule has 1 aromatic rings. The van der Waals surface area contributed by atoms with Crippen LogP contribution < -0.4 is 0 Å². The van der Waals surface area contributed by atoms with Crippen molar-refractivity contribution < 1.29 is 13.2 Å². The minimum Gasteiger partial charge on any atom is -0.336 e. The predicted molar refractivity (Wildman–Crippen MR) is 86.5 cm³/mol. The number of hydrogen-bond donors (Lipinski definition) is 0. The summed E-state index contributed by atoms with van der Waals surface area (Å²) in [6.45, 7) is 1.19. The van der Waals surface area contributed by atoms with Crippen molar-refractivity contribution in [2.45, 2.75) is 0 Å². The third-order valence-electron chi connectivity index (χ3n) is 3.42. The van der Waals surface area contributed by atoms with Crippen molar-refractivity contribution in [2.75, 3.05) is 40.3 Å². The molecule has 1 aliphatic heterocycles. The van der Waals surface area contributed by atoms with E-state index >= 15 is 0 Å². The number of hydrogen-bond acceptors (Lipinski definition) is 3. The van der Waals surface area contributed by atoms with Gasteiger partial charge in [0.1, 0.15) is 0 Å². The van der Waals surface area contributed by atoms with Crippen molar-refractivity contribution in [3.8, 4) is 0 Å². The molecule has 0 aliphatic carbocycles. The summed E-state index contributed by atoms with van der Waals surface area (Å²) in [5, 5.41) is 0.786. The molecule has 22 heavy (non-hydrogen) atoms. The SMILES string of the molecule is CN(C)S(=O)(=O)N1CCN(C(=O)c2cc(Cl)cc(Cl)c2)CC1. The Morgan fingerprint density at radius 1 is 1.05 bits per heavy atom. The largest absolute Gasteiger partial charge is 0.336 e. The number of amides is 1. The Bertz CT molecular complexity index is 651. The first-order valence-electron chi connectivity index (χ1n) is 6.65. The maximum Gasteiger partial charge on any atom is 0.281 e. The average molecular weight is 366 g/mol. The molecular weight excluding hydrogens is 349 g/mol. The molecule has 0 unspecified atom stereocenters. The zero-order valence-electron chi connectivity index (χ0n) is 12.3. The molecule has 1 fully saturated rings. The summed E-state index contributed by atoms with van der Waals surface area (Å²) in [6, 6.07) is 4.67. The molecule has 1 amide bonds. The van der Waals surface area contributed by atoms with Gasteiger partial charge < -0.3 is 4.90 Å². The maximum absolute atomic E-state index is 12.4. The van der Waals surface area contributed by atoms with Crippen LogP contribution in [0, 0.1) is 0 Å². The lowest BCUT2D eigenvalue weighted by Gasteiger charge is -2.35. The van der Waals surface area contributed by atoms with Crippen LogP contribution in [0.2, 0.25) is 10.0 Å². The van der Waals surface area contributed by atoms with Crippen molar-refractivity contribution in [3.63, 3.8) is 0 Å².